The van der Waals surface area contributed by atoms with E-state index in [1.54, 1.807) is 35.0 Å². The molecule has 0 aliphatic rings. The van der Waals surface area contributed by atoms with Crippen molar-refractivity contribution >= 4 is 22.2 Å². The van der Waals surface area contributed by atoms with Crippen molar-refractivity contribution in [3.63, 3.8) is 0 Å². The van der Waals surface area contributed by atoms with Gasteiger partial charge in [0.2, 0.25) is 5.78 Å². The minimum atomic E-state index is -0.271. The third kappa shape index (κ3) is 1.81. The van der Waals surface area contributed by atoms with E-state index < -0.39 is 0 Å². The van der Waals surface area contributed by atoms with Gasteiger partial charge in [-0.1, -0.05) is 6.07 Å². The highest BCUT2D eigenvalue weighted by atomic mass is 16.1. The maximum absolute atomic E-state index is 12.7. The lowest BCUT2D eigenvalue weighted by Gasteiger charge is -2.02. The van der Waals surface area contributed by atoms with Crippen molar-refractivity contribution in [1.82, 2.24) is 19.4 Å². The number of hydrogen-bond donors (Lipinski definition) is 1. The maximum Gasteiger partial charge on any atom is 0.258 e. The van der Waals surface area contributed by atoms with Crippen LogP contribution in [0.2, 0.25) is 0 Å². The lowest BCUT2D eigenvalue weighted by Crippen LogP contribution is -2.10. The molecule has 0 saturated carbocycles. The highest BCUT2D eigenvalue weighted by Gasteiger charge is 2.16. The number of benzene rings is 1. The first kappa shape index (κ1) is 12.5. The van der Waals surface area contributed by atoms with Crippen molar-refractivity contribution in [3.05, 3.63) is 76.9 Å². The summed E-state index contributed by atoms with van der Waals surface area (Å²) in [6.07, 6.45) is 4.77. The summed E-state index contributed by atoms with van der Waals surface area (Å²) in [5, 5.41) is 0.384. The summed E-state index contributed by atoms with van der Waals surface area (Å²) >= 11 is 0. The molecular weight excluding hydrogens is 280 g/mol. The fourth-order valence-electron chi connectivity index (χ4n) is 2.45. The van der Waals surface area contributed by atoms with Gasteiger partial charge in [-0.25, -0.2) is 9.97 Å². The van der Waals surface area contributed by atoms with Crippen molar-refractivity contribution in [2.45, 2.75) is 0 Å². The van der Waals surface area contributed by atoms with Crippen LogP contribution >= 0.6 is 0 Å². The third-order valence-corrected chi connectivity index (χ3v) is 3.54. The Kier molecular flexibility index (Phi) is 2.62. The number of imidazole rings is 1. The van der Waals surface area contributed by atoms with Crippen LogP contribution in [-0.4, -0.2) is 25.1 Å². The van der Waals surface area contributed by atoms with Gasteiger partial charge in [-0.3, -0.25) is 14.0 Å². The number of pyridine rings is 1. The summed E-state index contributed by atoms with van der Waals surface area (Å²) in [5.74, 6) is 0.0756. The molecule has 0 bridgehead atoms. The molecular formula is C16H10N4O2. The molecule has 0 spiro atoms. The molecule has 3 heterocycles. The zero-order valence-corrected chi connectivity index (χ0v) is 11.4. The number of aromatic amines is 1. The summed E-state index contributed by atoms with van der Waals surface area (Å²) in [4.78, 5) is 35.2. The van der Waals surface area contributed by atoms with E-state index in [0.717, 1.165) is 5.52 Å². The standard InChI is InChI=1S/C16H10N4O2/c21-14(15-17-8-11-3-1-2-6-20(11)15)10-4-5-13-12(7-10)16(22)19-9-18-13/h1-9H,(H,18,19,22). The van der Waals surface area contributed by atoms with Crippen LogP contribution in [0.1, 0.15) is 16.2 Å². The van der Waals surface area contributed by atoms with Crippen molar-refractivity contribution in [3.8, 4) is 0 Å². The molecule has 4 aromatic rings. The van der Waals surface area contributed by atoms with Gasteiger partial charge >= 0.3 is 0 Å². The largest absolute Gasteiger partial charge is 0.313 e. The van der Waals surface area contributed by atoms with Crippen LogP contribution in [-0.2, 0) is 0 Å². The number of hydrogen-bond acceptors (Lipinski definition) is 4. The lowest BCUT2D eigenvalue weighted by molar-refractivity contribution is 0.102. The molecule has 0 aliphatic carbocycles. The van der Waals surface area contributed by atoms with Crippen LogP contribution < -0.4 is 5.56 Å². The van der Waals surface area contributed by atoms with Crippen molar-refractivity contribution in [2.24, 2.45) is 0 Å². The van der Waals surface area contributed by atoms with Crippen LogP contribution in [0.15, 0.2) is 59.9 Å². The molecule has 0 fully saturated rings. The number of carbonyl (C=O) groups is 1. The Bertz CT molecular complexity index is 1080. The van der Waals surface area contributed by atoms with Crippen molar-refractivity contribution in [1.29, 1.82) is 0 Å². The Hall–Kier alpha value is -3.28. The van der Waals surface area contributed by atoms with Crippen LogP contribution in [0.25, 0.3) is 16.4 Å². The summed E-state index contributed by atoms with van der Waals surface area (Å²) in [6, 6.07) is 10.5. The number of fused-ring (bicyclic) bond motifs is 2. The molecule has 0 radical (unpaired) electrons. The van der Waals surface area contributed by atoms with Crippen molar-refractivity contribution < 1.29 is 4.79 Å². The van der Waals surface area contributed by atoms with Crippen LogP contribution in [0.3, 0.4) is 0 Å². The molecule has 1 N–H and O–H groups in total. The monoisotopic (exact) mass is 290 g/mol. The van der Waals surface area contributed by atoms with Gasteiger partial charge in [0.15, 0.2) is 5.82 Å². The van der Waals surface area contributed by atoms with Gasteiger partial charge in [-0.05, 0) is 30.3 Å². The molecule has 1 aromatic carbocycles. The van der Waals surface area contributed by atoms with Crippen LogP contribution in [0, 0.1) is 0 Å². The summed E-state index contributed by atoms with van der Waals surface area (Å²) in [5.41, 5.74) is 1.52. The number of nitrogens with zero attached hydrogens (tertiary/aromatic N) is 3. The van der Waals surface area contributed by atoms with E-state index in [0.29, 0.717) is 22.3 Å². The first-order valence-electron chi connectivity index (χ1n) is 6.68. The average Bonchev–Trinajstić information content (AvgIpc) is 2.98. The summed E-state index contributed by atoms with van der Waals surface area (Å²) in [7, 11) is 0. The van der Waals surface area contributed by atoms with Gasteiger partial charge in [-0.15, -0.1) is 0 Å². The minimum Gasteiger partial charge on any atom is -0.313 e. The van der Waals surface area contributed by atoms with Gasteiger partial charge in [0.1, 0.15) is 0 Å². The zero-order chi connectivity index (χ0) is 15.1. The van der Waals surface area contributed by atoms with Crippen LogP contribution in [0.4, 0.5) is 0 Å². The number of carbonyl (C=O) groups excluding carboxylic acids is 1. The molecule has 0 unspecified atom stereocenters. The minimum absolute atomic E-state index is 0.239. The number of H-pyrrole nitrogens is 1. The smallest absolute Gasteiger partial charge is 0.258 e. The second kappa shape index (κ2) is 4.63. The molecule has 106 valence electrons. The molecule has 22 heavy (non-hydrogen) atoms. The summed E-state index contributed by atoms with van der Waals surface area (Å²) in [6.45, 7) is 0. The topological polar surface area (TPSA) is 80.1 Å². The fraction of sp³-hybridized carbons (Fsp3) is 0. The first-order valence-corrected chi connectivity index (χ1v) is 6.68. The maximum atomic E-state index is 12.7. The number of nitrogens with one attached hydrogen (secondary N) is 1. The molecule has 0 amide bonds. The molecule has 0 atom stereocenters. The quantitative estimate of drug-likeness (QED) is 0.571. The van der Waals surface area contributed by atoms with Gasteiger partial charge in [0.05, 0.1) is 28.9 Å². The van der Waals surface area contributed by atoms with E-state index in [4.69, 9.17) is 0 Å². The highest BCUT2D eigenvalue weighted by molar-refractivity contribution is 6.08. The lowest BCUT2D eigenvalue weighted by atomic mass is 10.1. The molecule has 0 saturated heterocycles. The first-order chi connectivity index (χ1) is 10.7. The van der Waals surface area contributed by atoms with E-state index in [2.05, 4.69) is 15.0 Å². The fourth-order valence-corrected chi connectivity index (χ4v) is 2.45. The molecule has 6 heteroatoms. The van der Waals surface area contributed by atoms with E-state index in [-0.39, 0.29) is 11.3 Å². The SMILES string of the molecule is O=C(c1ccc2nc[nH]c(=O)c2c1)c1ncc2ccccn12. The number of aromatic nitrogens is 4. The number of ketones is 1. The second-order valence-corrected chi connectivity index (χ2v) is 4.87. The Morgan fingerprint density at radius 2 is 2.05 bits per heavy atom. The third-order valence-electron chi connectivity index (χ3n) is 3.54. The predicted molar refractivity (Wildman–Crippen MR) is 81.0 cm³/mol. The predicted octanol–water partition coefficient (Wildman–Crippen LogP) is 1.80. The Morgan fingerprint density at radius 1 is 1.14 bits per heavy atom. The second-order valence-electron chi connectivity index (χ2n) is 4.87. The Balaban J connectivity index is 1.89. The van der Waals surface area contributed by atoms with E-state index >= 15 is 0 Å². The van der Waals surface area contributed by atoms with Gasteiger partial charge in [0, 0.05) is 11.8 Å². The van der Waals surface area contributed by atoms with E-state index in [9.17, 15) is 9.59 Å². The highest BCUT2D eigenvalue weighted by Crippen LogP contribution is 2.15. The molecule has 0 aliphatic heterocycles. The molecule has 4 rings (SSSR count). The van der Waals surface area contributed by atoms with Gasteiger partial charge in [-0.2, -0.15) is 0 Å². The van der Waals surface area contributed by atoms with E-state index in [1.807, 2.05) is 18.2 Å². The van der Waals surface area contributed by atoms with Gasteiger partial charge < -0.3 is 4.98 Å². The van der Waals surface area contributed by atoms with E-state index in [1.165, 1.54) is 6.33 Å². The number of rotatable bonds is 2. The zero-order valence-electron chi connectivity index (χ0n) is 11.4. The summed E-state index contributed by atoms with van der Waals surface area (Å²) < 4.78 is 1.72. The average molecular weight is 290 g/mol. The Labute approximate surface area is 124 Å². The normalized spacial score (nSPS) is 11.1. The van der Waals surface area contributed by atoms with Crippen molar-refractivity contribution in [2.75, 3.05) is 0 Å². The molecule has 6 nitrogen and oxygen atoms in total. The van der Waals surface area contributed by atoms with Gasteiger partial charge in [0.25, 0.3) is 5.56 Å². The van der Waals surface area contributed by atoms with Crippen LogP contribution in [0.5, 0.6) is 0 Å². The Morgan fingerprint density at radius 3 is 2.95 bits per heavy atom. The molecule has 3 aromatic heterocycles.